The van der Waals surface area contributed by atoms with Crippen molar-refractivity contribution in [3.8, 4) is 0 Å². The van der Waals surface area contributed by atoms with Crippen LogP contribution in [0.2, 0.25) is 0 Å². The molecule has 0 amide bonds. The lowest BCUT2D eigenvalue weighted by Gasteiger charge is -2.12. The second-order valence-electron chi connectivity index (χ2n) is 4.38. The van der Waals surface area contributed by atoms with E-state index in [9.17, 15) is 18.0 Å². The fourth-order valence-corrected chi connectivity index (χ4v) is 2.14. The van der Waals surface area contributed by atoms with Gasteiger partial charge in [-0.25, -0.2) is 4.79 Å². The van der Waals surface area contributed by atoms with Gasteiger partial charge in [0.25, 0.3) is 0 Å². The number of halogens is 3. The number of carboxylic acid groups (broad SMARTS) is 1. The van der Waals surface area contributed by atoms with Gasteiger partial charge in [-0.15, -0.1) is 0 Å². The van der Waals surface area contributed by atoms with Crippen LogP contribution in [0, 0.1) is 0 Å². The van der Waals surface area contributed by atoms with E-state index in [0.29, 0.717) is 0 Å². The number of rotatable bonds is 3. The maximum atomic E-state index is 12.7. The van der Waals surface area contributed by atoms with Crippen molar-refractivity contribution in [2.75, 3.05) is 5.32 Å². The van der Waals surface area contributed by atoms with E-state index in [1.807, 2.05) is 0 Å². The number of thiocarbonyl (C=S) groups is 1. The highest BCUT2D eigenvalue weighted by atomic mass is 32.1. The SMILES string of the molecule is O=C(O)c1ccccc1C(=S)Nc1cccc(C(F)(F)F)c1. The number of aromatic carboxylic acids is 1. The fourth-order valence-electron chi connectivity index (χ4n) is 1.84. The number of alkyl halides is 3. The zero-order chi connectivity index (χ0) is 16.3. The Bertz CT molecular complexity index is 729. The van der Waals surface area contributed by atoms with Gasteiger partial charge in [-0.05, 0) is 24.3 Å². The molecule has 0 unspecified atom stereocenters. The summed E-state index contributed by atoms with van der Waals surface area (Å²) in [5.41, 5.74) is -0.457. The van der Waals surface area contributed by atoms with Gasteiger partial charge in [0, 0.05) is 11.3 Å². The highest BCUT2D eigenvalue weighted by Crippen LogP contribution is 2.30. The van der Waals surface area contributed by atoms with Gasteiger partial charge >= 0.3 is 12.1 Å². The Morgan fingerprint density at radius 3 is 2.27 bits per heavy atom. The molecule has 22 heavy (non-hydrogen) atoms. The first kappa shape index (κ1) is 16.0. The fraction of sp³-hybridized carbons (Fsp3) is 0.0667. The van der Waals surface area contributed by atoms with Crippen molar-refractivity contribution in [1.82, 2.24) is 0 Å². The Hall–Kier alpha value is -2.41. The first-order valence-corrected chi connectivity index (χ1v) is 6.51. The van der Waals surface area contributed by atoms with Crippen LogP contribution >= 0.6 is 12.2 Å². The first-order chi connectivity index (χ1) is 10.3. The lowest BCUT2D eigenvalue weighted by atomic mass is 10.1. The summed E-state index contributed by atoms with van der Waals surface area (Å²) in [6, 6.07) is 10.5. The average Bonchev–Trinajstić information content (AvgIpc) is 2.46. The largest absolute Gasteiger partial charge is 0.478 e. The van der Waals surface area contributed by atoms with E-state index in [1.165, 1.54) is 24.3 Å². The lowest BCUT2D eigenvalue weighted by Crippen LogP contribution is -2.15. The molecule has 7 heteroatoms. The smallest absolute Gasteiger partial charge is 0.416 e. The molecule has 2 aromatic rings. The number of carboxylic acids is 1. The number of benzene rings is 2. The van der Waals surface area contributed by atoms with E-state index >= 15 is 0 Å². The summed E-state index contributed by atoms with van der Waals surface area (Å²) in [7, 11) is 0. The molecule has 2 N–H and O–H groups in total. The summed E-state index contributed by atoms with van der Waals surface area (Å²) in [6.45, 7) is 0. The van der Waals surface area contributed by atoms with Gasteiger partial charge in [0.1, 0.15) is 4.99 Å². The molecule has 0 atom stereocenters. The third kappa shape index (κ3) is 3.62. The molecule has 0 saturated carbocycles. The monoisotopic (exact) mass is 325 g/mol. The van der Waals surface area contributed by atoms with Crippen molar-refractivity contribution in [2.24, 2.45) is 0 Å². The van der Waals surface area contributed by atoms with Crippen LogP contribution in [0.15, 0.2) is 48.5 Å². The number of hydrogen-bond acceptors (Lipinski definition) is 2. The van der Waals surface area contributed by atoms with Crippen LogP contribution in [-0.2, 0) is 6.18 Å². The van der Waals surface area contributed by atoms with E-state index < -0.39 is 17.7 Å². The average molecular weight is 325 g/mol. The molecule has 0 spiro atoms. The van der Waals surface area contributed by atoms with Crippen LogP contribution < -0.4 is 5.32 Å². The molecule has 2 rings (SSSR count). The predicted octanol–water partition coefficient (Wildman–Crippen LogP) is 4.19. The summed E-state index contributed by atoms with van der Waals surface area (Å²) < 4.78 is 38.0. The normalized spacial score (nSPS) is 11.0. The number of carbonyl (C=O) groups is 1. The second-order valence-corrected chi connectivity index (χ2v) is 4.79. The summed E-state index contributed by atoms with van der Waals surface area (Å²) in [5, 5.41) is 11.7. The van der Waals surface area contributed by atoms with Crippen LogP contribution in [0.25, 0.3) is 0 Å². The third-order valence-electron chi connectivity index (χ3n) is 2.85. The molecular weight excluding hydrogens is 315 g/mol. The summed E-state index contributed by atoms with van der Waals surface area (Å²) >= 11 is 5.09. The van der Waals surface area contributed by atoms with Gasteiger partial charge < -0.3 is 10.4 Å². The second kappa shape index (κ2) is 6.15. The summed E-state index contributed by atoms with van der Waals surface area (Å²) in [5.74, 6) is -1.16. The zero-order valence-corrected chi connectivity index (χ0v) is 11.8. The Morgan fingerprint density at radius 2 is 1.68 bits per heavy atom. The maximum absolute atomic E-state index is 12.7. The van der Waals surface area contributed by atoms with Crippen molar-refractivity contribution in [3.63, 3.8) is 0 Å². The van der Waals surface area contributed by atoms with Crippen LogP contribution in [0.1, 0.15) is 21.5 Å². The van der Waals surface area contributed by atoms with Crippen LogP contribution in [0.4, 0.5) is 18.9 Å². The molecule has 0 radical (unpaired) electrons. The topological polar surface area (TPSA) is 49.3 Å². The van der Waals surface area contributed by atoms with Crippen molar-refractivity contribution in [3.05, 3.63) is 65.2 Å². The van der Waals surface area contributed by atoms with Gasteiger partial charge in [-0.2, -0.15) is 13.2 Å². The van der Waals surface area contributed by atoms with Gasteiger partial charge in [-0.1, -0.05) is 36.5 Å². The highest BCUT2D eigenvalue weighted by molar-refractivity contribution is 7.81. The molecule has 0 aromatic heterocycles. The van der Waals surface area contributed by atoms with Gasteiger partial charge in [0.15, 0.2) is 0 Å². The predicted molar refractivity (Wildman–Crippen MR) is 80.2 cm³/mol. The number of hydrogen-bond donors (Lipinski definition) is 2. The number of nitrogens with one attached hydrogen (secondary N) is 1. The Balaban J connectivity index is 2.29. The molecule has 2 aromatic carbocycles. The van der Waals surface area contributed by atoms with Gasteiger partial charge in [-0.3, -0.25) is 0 Å². The van der Waals surface area contributed by atoms with Crippen molar-refractivity contribution < 1.29 is 23.1 Å². The molecule has 0 aliphatic carbocycles. The van der Waals surface area contributed by atoms with Crippen LogP contribution in [-0.4, -0.2) is 16.1 Å². The lowest BCUT2D eigenvalue weighted by molar-refractivity contribution is -0.137. The van der Waals surface area contributed by atoms with E-state index in [0.717, 1.165) is 12.1 Å². The molecule has 0 fully saturated rings. The minimum Gasteiger partial charge on any atom is -0.478 e. The highest BCUT2D eigenvalue weighted by Gasteiger charge is 2.30. The third-order valence-corrected chi connectivity index (χ3v) is 3.17. The van der Waals surface area contributed by atoms with Gasteiger partial charge in [0.2, 0.25) is 0 Å². The minimum absolute atomic E-state index is 0.0213. The molecule has 0 saturated heterocycles. The Kier molecular flexibility index (Phi) is 4.46. The number of anilines is 1. The Labute approximate surface area is 129 Å². The Morgan fingerprint density at radius 1 is 1.05 bits per heavy atom. The molecule has 0 bridgehead atoms. The zero-order valence-electron chi connectivity index (χ0n) is 11.0. The van der Waals surface area contributed by atoms with E-state index in [1.54, 1.807) is 12.1 Å². The van der Waals surface area contributed by atoms with Crippen molar-refractivity contribution in [1.29, 1.82) is 0 Å². The molecule has 114 valence electrons. The molecule has 0 aliphatic heterocycles. The first-order valence-electron chi connectivity index (χ1n) is 6.10. The summed E-state index contributed by atoms with van der Waals surface area (Å²) in [4.78, 5) is 11.2. The van der Waals surface area contributed by atoms with Gasteiger partial charge in [0.05, 0.1) is 11.1 Å². The molecule has 3 nitrogen and oxygen atoms in total. The van der Waals surface area contributed by atoms with Crippen LogP contribution in [0.3, 0.4) is 0 Å². The molecule has 0 heterocycles. The summed E-state index contributed by atoms with van der Waals surface area (Å²) in [6.07, 6.45) is -4.46. The van der Waals surface area contributed by atoms with Crippen molar-refractivity contribution in [2.45, 2.75) is 6.18 Å². The molecular formula is C15H10F3NO2S. The maximum Gasteiger partial charge on any atom is 0.416 e. The standard InChI is InChI=1S/C15H10F3NO2S/c16-15(17,18)9-4-3-5-10(8-9)19-13(22)11-6-1-2-7-12(11)14(20)21/h1-8H,(H,19,22)(H,20,21). The van der Waals surface area contributed by atoms with Crippen molar-refractivity contribution >= 4 is 28.9 Å². The molecule has 0 aliphatic rings. The quantitative estimate of drug-likeness (QED) is 0.831. The minimum atomic E-state index is -4.46. The van der Waals surface area contributed by atoms with Crippen LogP contribution in [0.5, 0.6) is 0 Å². The van der Waals surface area contributed by atoms with E-state index in [4.69, 9.17) is 17.3 Å². The van der Waals surface area contributed by atoms with E-state index in [-0.39, 0.29) is 21.8 Å². The van der Waals surface area contributed by atoms with E-state index in [2.05, 4.69) is 5.32 Å².